The lowest BCUT2D eigenvalue weighted by Crippen LogP contribution is -1.81. The fourth-order valence-corrected chi connectivity index (χ4v) is 1.94. The van der Waals surface area contributed by atoms with E-state index in [1.54, 1.807) is 0 Å². The average Bonchev–Trinajstić information content (AvgIpc) is 2.43. The van der Waals surface area contributed by atoms with Gasteiger partial charge in [0.25, 0.3) is 5.97 Å². The number of aldehydes is 1. The molecule has 0 aliphatic heterocycles. The van der Waals surface area contributed by atoms with Crippen molar-refractivity contribution >= 4 is 12.3 Å². The smallest absolute Gasteiger partial charge is 0.300 e. The molecule has 3 heteroatoms. The van der Waals surface area contributed by atoms with E-state index in [-0.39, 0.29) is 0 Å². The van der Waals surface area contributed by atoms with Crippen molar-refractivity contribution < 1.29 is 14.7 Å². The van der Waals surface area contributed by atoms with Gasteiger partial charge in [0.1, 0.15) is 6.29 Å². The molecule has 1 N–H and O–H groups in total. The molecule has 0 saturated heterocycles. The Bertz CT molecular complexity index is 243. The highest BCUT2D eigenvalue weighted by molar-refractivity contribution is 5.62. The number of unbranched alkanes of at least 4 members (excludes halogenated alkanes) is 10. The summed E-state index contributed by atoms with van der Waals surface area (Å²) in [4.78, 5) is 19.1. The molecule has 0 aromatic carbocycles. The molecule has 0 aromatic rings. The van der Waals surface area contributed by atoms with Gasteiger partial charge in [-0.2, -0.15) is 0 Å². The average molecular weight is 298 g/mol. The number of carbonyl (C=O) groups excluding carboxylic acids is 1. The lowest BCUT2D eigenvalue weighted by atomic mass is 10.1. The van der Waals surface area contributed by atoms with Gasteiger partial charge in [-0.05, 0) is 32.1 Å². The van der Waals surface area contributed by atoms with E-state index in [2.05, 4.69) is 19.1 Å². The van der Waals surface area contributed by atoms with Crippen LogP contribution in [0.1, 0.15) is 90.9 Å². The van der Waals surface area contributed by atoms with Gasteiger partial charge in [0.15, 0.2) is 0 Å². The summed E-state index contributed by atoms with van der Waals surface area (Å²) < 4.78 is 0. The van der Waals surface area contributed by atoms with Crippen LogP contribution in [0.4, 0.5) is 0 Å². The van der Waals surface area contributed by atoms with Crippen molar-refractivity contribution in [3.05, 3.63) is 12.2 Å². The number of carboxylic acids is 1. The van der Waals surface area contributed by atoms with Gasteiger partial charge >= 0.3 is 0 Å². The zero-order valence-corrected chi connectivity index (χ0v) is 14.0. The Morgan fingerprint density at radius 3 is 1.62 bits per heavy atom. The number of carboxylic acid groups (broad SMARTS) is 1. The van der Waals surface area contributed by atoms with Crippen molar-refractivity contribution in [1.82, 2.24) is 0 Å². The molecule has 0 rings (SSSR count). The summed E-state index contributed by atoms with van der Waals surface area (Å²) in [7, 11) is 0. The molecule has 0 aliphatic carbocycles. The van der Waals surface area contributed by atoms with E-state index in [0.29, 0.717) is 0 Å². The number of carbonyl (C=O) groups is 2. The summed E-state index contributed by atoms with van der Waals surface area (Å²) in [5, 5.41) is 7.42. The van der Waals surface area contributed by atoms with Crippen molar-refractivity contribution in [3.8, 4) is 0 Å². The minimum atomic E-state index is -0.833. The van der Waals surface area contributed by atoms with Crippen LogP contribution >= 0.6 is 0 Å². The normalized spacial score (nSPS) is 10.2. The van der Waals surface area contributed by atoms with Gasteiger partial charge < -0.3 is 9.90 Å². The molecule has 0 amide bonds. The van der Waals surface area contributed by atoms with Gasteiger partial charge in [0, 0.05) is 13.3 Å². The third-order valence-electron chi connectivity index (χ3n) is 3.08. The molecule has 0 aliphatic rings. The van der Waals surface area contributed by atoms with Gasteiger partial charge in [-0.25, -0.2) is 0 Å². The Morgan fingerprint density at radius 1 is 0.810 bits per heavy atom. The van der Waals surface area contributed by atoms with Crippen LogP contribution in [-0.4, -0.2) is 17.4 Å². The molecule has 0 heterocycles. The summed E-state index contributed by atoms with van der Waals surface area (Å²) in [6, 6.07) is 0. The zero-order valence-electron chi connectivity index (χ0n) is 14.0. The van der Waals surface area contributed by atoms with Crippen LogP contribution in [0.2, 0.25) is 0 Å². The molecule has 0 aromatic heterocycles. The standard InChI is InChI=1S/C16H30O.C2H4O2/c1-2-3-4-5-6-7-8-9-10-11-12-13-14-15-16-17;1-2(3)4/h6-7,16H,2-5,8-15H2,1H3;1H3,(H,3,4)/b7-6+;. The van der Waals surface area contributed by atoms with Gasteiger partial charge in [0.05, 0.1) is 0 Å². The first kappa shape index (κ1) is 22.2. The van der Waals surface area contributed by atoms with Crippen LogP contribution < -0.4 is 0 Å². The van der Waals surface area contributed by atoms with E-state index in [0.717, 1.165) is 26.1 Å². The highest BCUT2D eigenvalue weighted by Gasteiger charge is 1.90. The fraction of sp³-hybridized carbons (Fsp3) is 0.778. The Hall–Kier alpha value is -1.12. The first-order chi connectivity index (χ1) is 10.1. The first-order valence-electron chi connectivity index (χ1n) is 8.43. The summed E-state index contributed by atoms with van der Waals surface area (Å²) >= 11 is 0. The Kier molecular flexibility index (Phi) is 22.4. The van der Waals surface area contributed by atoms with Crippen molar-refractivity contribution in [2.24, 2.45) is 0 Å². The molecule has 3 nitrogen and oxygen atoms in total. The highest BCUT2D eigenvalue weighted by atomic mass is 16.4. The second-order valence-corrected chi connectivity index (χ2v) is 5.35. The summed E-state index contributed by atoms with van der Waals surface area (Å²) in [5.74, 6) is -0.833. The Labute approximate surface area is 130 Å². The molecule has 0 radical (unpaired) electrons. The summed E-state index contributed by atoms with van der Waals surface area (Å²) in [5.41, 5.74) is 0. The molecule has 124 valence electrons. The van der Waals surface area contributed by atoms with Crippen LogP contribution in [0.5, 0.6) is 0 Å². The minimum Gasteiger partial charge on any atom is -0.481 e. The molecular formula is C18H34O3. The predicted molar refractivity (Wildman–Crippen MR) is 89.6 cm³/mol. The maximum atomic E-state index is 10.1. The molecule has 0 saturated carbocycles. The molecule has 0 spiro atoms. The number of hydrogen-bond acceptors (Lipinski definition) is 2. The molecule has 0 bridgehead atoms. The van der Waals surface area contributed by atoms with Crippen molar-refractivity contribution in [3.63, 3.8) is 0 Å². The molecule has 21 heavy (non-hydrogen) atoms. The molecule has 0 fully saturated rings. The second-order valence-electron chi connectivity index (χ2n) is 5.35. The van der Waals surface area contributed by atoms with Crippen molar-refractivity contribution in [2.45, 2.75) is 90.9 Å². The summed E-state index contributed by atoms with van der Waals surface area (Å²) in [6.45, 7) is 3.33. The van der Waals surface area contributed by atoms with Crippen LogP contribution in [0.25, 0.3) is 0 Å². The van der Waals surface area contributed by atoms with E-state index < -0.39 is 5.97 Å². The van der Waals surface area contributed by atoms with Gasteiger partial charge in [-0.15, -0.1) is 0 Å². The quantitative estimate of drug-likeness (QED) is 0.276. The SMILES string of the molecule is CC(=O)O.CCCCC/C=C/CCCCCCCCC=O. The second kappa shape index (κ2) is 21.2. The van der Waals surface area contributed by atoms with Crippen LogP contribution in [0, 0.1) is 0 Å². The maximum Gasteiger partial charge on any atom is 0.300 e. The van der Waals surface area contributed by atoms with Crippen LogP contribution in [0.15, 0.2) is 12.2 Å². The third-order valence-corrected chi connectivity index (χ3v) is 3.08. The Morgan fingerprint density at radius 2 is 1.19 bits per heavy atom. The van der Waals surface area contributed by atoms with Gasteiger partial charge in [0.2, 0.25) is 0 Å². The highest BCUT2D eigenvalue weighted by Crippen LogP contribution is 2.08. The van der Waals surface area contributed by atoms with E-state index in [9.17, 15) is 4.79 Å². The summed E-state index contributed by atoms with van der Waals surface area (Å²) in [6.07, 6.45) is 20.7. The lowest BCUT2D eigenvalue weighted by Gasteiger charge is -1.98. The van der Waals surface area contributed by atoms with Gasteiger partial charge in [-0.1, -0.05) is 57.6 Å². The fourth-order valence-electron chi connectivity index (χ4n) is 1.94. The van der Waals surface area contributed by atoms with Crippen LogP contribution in [-0.2, 0) is 9.59 Å². The maximum absolute atomic E-state index is 10.1. The minimum absolute atomic E-state index is 0.750. The Balaban J connectivity index is 0. The zero-order chi connectivity index (χ0) is 16.2. The monoisotopic (exact) mass is 298 g/mol. The van der Waals surface area contributed by atoms with Gasteiger partial charge in [-0.3, -0.25) is 4.79 Å². The molecule has 0 unspecified atom stereocenters. The lowest BCUT2D eigenvalue weighted by molar-refractivity contribution is -0.134. The van der Waals surface area contributed by atoms with E-state index in [4.69, 9.17) is 9.90 Å². The van der Waals surface area contributed by atoms with E-state index in [1.807, 2.05) is 0 Å². The third kappa shape index (κ3) is 32.4. The predicted octanol–water partition coefficient (Wildman–Crippen LogP) is 5.53. The number of rotatable bonds is 13. The first-order valence-corrected chi connectivity index (χ1v) is 8.43. The van der Waals surface area contributed by atoms with Crippen LogP contribution in [0.3, 0.4) is 0 Å². The molecule has 0 atom stereocenters. The van der Waals surface area contributed by atoms with E-state index >= 15 is 0 Å². The van der Waals surface area contributed by atoms with Crippen molar-refractivity contribution in [1.29, 1.82) is 0 Å². The van der Waals surface area contributed by atoms with Crippen molar-refractivity contribution in [2.75, 3.05) is 0 Å². The van der Waals surface area contributed by atoms with E-state index in [1.165, 1.54) is 64.2 Å². The molecular weight excluding hydrogens is 264 g/mol. The number of allylic oxidation sites excluding steroid dienone is 2. The number of hydrogen-bond donors (Lipinski definition) is 1. The topological polar surface area (TPSA) is 54.4 Å². The largest absolute Gasteiger partial charge is 0.481 e. The number of aliphatic carboxylic acids is 1.